The molecular formula is C15H18ClN5O2. The van der Waals surface area contributed by atoms with Crippen LogP contribution < -0.4 is 4.90 Å². The average Bonchev–Trinajstić information content (AvgIpc) is 2.92. The molecule has 2 aromatic rings. The molecule has 0 spiro atoms. The Morgan fingerprint density at radius 3 is 2.48 bits per heavy atom. The summed E-state index contributed by atoms with van der Waals surface area (Å²) in [6.07, 6.45) is 1.49. The van der Waals surface area contributed by atoms with Crippen LogP contribution in [0, 0.1) is 10.1 Å². The highest BCUT2D eigenvalue weighted by Crippen LogP contribution is 2.27. The van der Waals surface area contributed by atoms with Crippen LogP contribution in [-0.4, -0.2) is 45.6 Å². The molecule has 122 valence electrons. The first kappa shape index (κ1) is 15.8. The molecule has 0 bridgehead atoms. The minimum Gasteiger partial charge on any atom is -0.358 e. The van der Waals surface area contributed by atoms with Gasteiger partial charge in [-0.25, -0.2) is 0 Å². The molecule has 3 rings (SSSR count). The number of anilines is 1. The Morgan fingerprint density at radius 2 is 1.87 bits per heavy atom. The largest absolute Gasteiger partial charge is 0.406 e. The maximum Gasteiger partial charge on any atom is 0.406 e. The lowest BCUT2D eigenvalue weighted by molar-refractivity contribution is -0.388. The maximum absolute atomic E-state index is 11.1. The molecule has 8 heteroatoms. The van der Waals surface area contributed by atoms with Gasteiger partial charge in [-0.2, -0.15) is 0 Å². The lowest BCUT2D eigenvalue weighted by Gasteiger charge is -2.35. The van der Waals surface area contributed by atoms with E-state index in [0.29, 0.717) is 5.82 Å². The van der Waals surface area contributed by atoms with Crippen molar-refractivity contribution in [2.24, 2.45) is 7.05 Å². The van der Waals surface area contributed by atoms with Gasteiger partial charge in [-0.3, -0.25) is 9.47 Å². The first-order valence-electron chi connectivity index (χ1n) is 7.42. The molecule has 0 aliphatic carbocycles. The van der Waals surface area contributed by atoms with E-state index in [4.69, 9.17) is 11.6 Å². The molecule has 0 amide bonds. The number of benzene rings is 1. The number of rotatable bonds is 4. The maximum atomic E-state index is 11.1. The van der Waals surface area contributed by atoms with Crippen LogP contribution in [0.3, 0.4) is 0 Å². The van der Waals surface area contributed by atoms with Crippen molar-refractivity contribution >= 4 is 23.2 Å². The topological polar surface area (TPSA) is 67.4 Å². The van der Waals surface area contributed by atoms with E-state index in [0.717, 1.165) is 37.7 Å². The van der Waals surface area contributed by atoms with Gasteiger partial charge >= 0.3 is 5.82 Å². The molecule has 7 nitrogen and oxygen atoms in total. The van der Waals surface area contributed by atoms with Crippen LogP contribution in [-0.2, 0) is 13.6 Å². The molecule has 0 unspecified atom stereocenters. The second-order valence-corrected chi connectivity index (χ2v) is 6.09. The minimum absolute atomic E-state index is 0.0707. The second kappa shape index (κ2) is 6.55. The van der Waals surface area contributed by atoms with Gasteiger partial charge in [-0.1, -0.05) is 23.7 Å². The molecule has 1 saturated heterocycles. The van der Waals surface area contributed by atoms with Crippen LogP contribution in [0.15, 0.2) is 30.6 Å². The quantitative estimate of drug-likeness (QED) is 0.633. The SMILES string of the molecule is Cn1cnc([N+](=O)[O-])c1N1CCN(Cc2ccc(Cl)cc2)CC1. The molecule has 0 saturated carbocycles. The molecule has 0 radical (unpaired) electrons. The predicted octanol–water partition coefficient (Wildman–Crippen LogP) is 2.30. The summed E-state index contributed by atoms with van der Waals surface area (Å²) in [4.78, 5) is 18.9. The fourth-order valence-electron chi connectivity index (χ4n) is 2.87. The van der Waals surface area contributed by atoms with Gasteiger partial charge in [0.1, 0.15) is 0 Å². The summed E-state index contributed by atoms with van der Waals surface area (Å²) in [5.41, 5.74) is 1.22. The van der Waals surface area contributed by atoms with E-state index in [1.54, 1.807) is 11.6 Å². The number of halogens is 1. The van der Waals surface area contributed by atoms with Gasteiger partial charge in [0.2, 0.25) is 12.1 Å². The Balaban J connectivity index is 1.63. The van der Waals surface area contributed by atoms with Crippen molar-refractivity contribution in [3.63, 3.8) is 0 Å². The normalized spacial score (nSPS) is 15.8. The van der Waals surface area contributed by atoms with Crippen molar-refractivity contribution in [3.05, 3.63) is 51.3 Å². The Labute approximate surface area is 139 Å². The van der Waals surface area contributed by atoms with E-state index in [2.05, 4.69) is 9.88 Å². The molecule has 0 N–H and O–H groups in total. The summed E-state index contributed by atoms with van der Waals surface area (Å²) in [5, 5.41) is 11.8. The fraction of sp³-hybridized carbons (Fsp3) is 0.400. The third kappa shape index (κ3) is 3.46. The van der Waals surface area contributed by atoms with E-state index in [-0.39, 0.29) is 5.82 Å². The molecule has 1 aromatic carbocycles. The number of aromatic nitrogens is 2. The smallest absolute Gasteiger partial charge is 0.358 e. The summed E-state index contributed by atoms with van der Waals surface area (Å²) < 4.78 is 1.72. The van der Waals surface area contributed by atoms with Crippen molar-refractivity contribution in [2.45, 2.75) is 6.54 Å². The van der Waals surface area contributed by atoms with Crippen LogP contribution in [0.25, 0.3) is 0 Å². The van der Waals surface area contributed by atoms with Gasteiger partial charge < -0.3 is 15.0 Å². The summed E-state index contributed by atoms with van der Waals surface area (Å²) in [6, 6.07) is 7.85. The predicted molar refractivity (Wildman–Crippen MR) is 88.8 cm³/mol. The van der Waals surface area contributed by atoms with Gasteiger partial charge in [-0.05, 0) is 27.6 Å². The van der Waals surface area contributed by atoms with Crippen LogP contribution in [0.1, 0.15) is 5.56 Å². The van der Waals surface area contributed by atoms with E-state index < -0.39 is 4.92 Å². The third-order valence-corrected chi connectivity index (χ3v) is 4.30. The number of hydrogen-bond donors (Lipinski definition) is 0. The Kier molecular flexibility index (Phi) is 4.49. The Morgan fingerprint density at radius 1 is 1.22 bits per heavy atom. The van der Waals surface area contributed by atoms with Crippen LogP contribution >= 0.6 is 11.6 Å². The molecule has 0 atom stereocenters. The molecule has 23 heavy (non-hydrogen) atoms. The highest BCUT2D eigenvalue weighted by Gasteiger charge is 2.28. The first-order chi connectivity index (χ1) is 11.0. The number of hydrogen-bond acceptors (Lipinski definition) is 5. The lowest BCUT2D eigenvalue weighted by atomic mass is 10.2. The summed E-state index contributed by atoms with van der Waals surface area (Å²) in [5.74, 6) is 0.514. The molecule has 1 fully saturated rings. The van der Waals surface area contributed by atoms with E-state index in [1.807, 2.05) is 29.2 Å². The standard InChI is InChI=1S/C15H18ClN5O2/c1-18-11-17-14(21(22)23)15(18)20-8-6-19(7-9-20)10-12-2-4-13(16)5-3-12/h2-5,11H,6-10H2,1H3. The van der Waals surface area contributed by atoms with Gasteiger partial charge in [0, 0.05) is 44.8 Å². The van der Waals surface area contributed by atoms with Crippen LogP contribution in [0.5, 0.6) is 0 Å². The van der Waals surface area contributed by atoms with E-state index in [9.17, 15) is 10.1 Å². The van der Waals surface area contributed by atoms with Gasteiger partial charge in [0.05, 0.1) is 0 Å². The van der Waals surface area contributed by atoms with Gasteiger partial charge in [0.15, 0.2) is 0 Å². The van der Waals surface area contributed by atoms with Crippen molar-refractivity contribution < 1.29 is 4.92 Å². The second-order valence-electron chi connectivity index (χ2n) is 5.65. The number of nitrogens with zero attached hydrogens (tertiary/aromatic N) is 5. The molecule has 1 aliphatic heterocycles. The third-order valence-electron chi connectivity index (χ3n) is 4.05. The lowest BCUT2D eigenvalue weighted by Crippen LogP contribution is -2.46. The number of piperazine rings is 1. The highest BCUT2D eigenvalue weighted by atomic mass is 35.5. The van der Waals surface area contributed by atoms with Crippen molar-refractivity contribution in [1.29, 1.82) is 0 Å². The molecule has 1 aliphatic rings. The van der Waals surface area contributed by atoms with Crippen molar-refractivity contribution in [1.82, 2.24) is 14.5 Å². The van der Waals surface area contributed by atoms with E-state index >= 15 is 0 Å². The Bertz CT molecular complexity index is 692. The molecular weight excluding hydrogens is 318 g/mol. The zero-order valence-corrected chi connectivity index (χ0v) is 13.6. The summed E-state index contributed by atoms with van der Waals surface area (Å²) in [7, 11) is 1.79. The Hall–Kier alpha value is -2.12. The van der Waals surface area contributed by atoms with Crippen molar-refractivity contribution in [2.75, 3.05) is 31.1 Å². The average molecular weight is 336 g/mol. The van der Waals surface area contributed by atoms with Gasteiger partial charge in [0.25, 0.3) is 0 Å². The number of imidazole rings is 1. The fourth-order valence-corrected chi connectivity index (χ4v) is 3.00. The number of nitro groups is 1. The first-order valence-corrected chi connectivity index (χ1v) is 7.80. The summed E-state index contributed by atoms with van der Waals surface area (Å²) >= 11 is 5.90. The summed E-state index contributed by atoms with van der Waals surface area (Å²) in [6.45, 7) is 4.05. The zero-order chi connectivity index (χ0) is 16.4. The van der Waals surface area contributed by atoms with Gasteiger partial charge in [-0.15, -0.1) is 0 Å². The van der Waals surface area contributed by atoms with E-state index in [1.165, 1.54) is 11.9 Å². The van der Waals surface area contributed by atoms with Crippen molar-refractivity contribution in [3.8, 4) is 0 Å². The minimum atomic E-state index is -0.421. The zero-order valence-electron chi connectivity index (χ0n) is 12.9. The molecule has 2 heterocycles. The molecule has 1 aromatic heterocycles. The highest BCUT2D eigenvalue weighted by molar-refractivity contribution is 6.30. The number of aryl methyl sites for hydroxylation is 1. The monoisotopic (exact) mass is 335 g/mol. The van der Waals surface area contributed by atoms with Crippen LogP contribution in [0.2, 0.25) is 5.02 Å². The van der Waals surface area contributed by atoms with Crippen LogP contribution in [0.4, 0.5) is 11.6 Å².